The Morgan fingerprint density at radius 2 is 1.88 bits per heavy atom. The van der Waals surface area contributed by atoms with Gasteiger partial charge in [-0.3, -0.25) is 14.9 Å². The lowest BCUT2D eigenvalue weighted by Gasteiger charge is -2.11. The van der Waals surface area contributed by atoms with Crippen molar-refractivity contribution in [2.45, 2.75) is 33.2 Å². The molecule has 0 fully saturated rings. The van der Waals surface area contributed by atoms with Crippen molar-refractivity contribution in [1.82, 2.24) is 9.55 Å². The van der Waals surface area contributed by atoms with E-state index < -0.39 is 0 Å². The Hall–Kier alpha value is -3.39. The molecular weight excluding hydrogens is 410 g/mol. The predicted molar refractivity (Wildman–Crippen MR) is 123 cm³/mol. The monoisotopic (exact) mass is 439 g/mol. The average molecular weight is 440 g/mol. The maximum atomic E-state index is 12.6. The number of carbonyl (C=O) groups is 2. The van der Waals surface area contributed by atoms with Crippen LogP contribution in [0.5, 0.6) is 11.5 Å². The molecule has 0 radical (unpaired) electrons. The SMILES string of the molecule is CCOc1ccc(C(=O)CCC(=O)Nc2nc3cc(C)ccc3n2CCOC)cc1OC. The van der Waals surface area contributed by atoms with Crippen LogP contribution in [0.25, 0.3) is 11.0 Å². The van der Waals surface area contributed by atoms with Crippen LogP contribution in [0.15, 0.2) is 36.4 Å². The predicted octanol–water partition coefficient (Wildman–Crippen LogP) is 4.00. The molecule has 1 N–H and O–H groups in total. The van der Waals surface area contributed by atoms with Crippen LogP contribution in [0.3, 0.4) is 0 Å². The van der Waals surface area contributed by atoms with Gasteiger partial charge in [-0.1, -0.05) is 6.07 Å². The molecule has 0 spiro atoms. The maximum Gasteiger partial charge on any atom is 0.227 e. The summed E-state index contributed by atoms with van der Waals surface area (Å²) in [4.78, 5) is 29.8. The number of aryl methyl sites for hydroxylation is 1. The van der Waals surface area contributed by atoms with Crippen LogP contribution in [0.1, 0.15) is 35.7 Å². The topological polar surface area (TPSA) is 91.7 Å². The molecule has 1 aromatic heterocycles. The van der Waals surface area contributed by atoms with Crippen molar-refractivity contribution in [2.75, 3.05) is 32.8 Å². The standard InChI is InChI=1S/C24H29N3O5/c1-5-32-21-10-7-17(15-22(21)31-4)20(28)9-11-23(29)26-24-25-18-14-16(2)6-8-19(18)27(24)12-13-30-3/h6-8,10,14-15H,5,9,11-13H2,1-4H3,(H,25,26,29). The summed E-state index contributed by atoms with van der Waals surface area (Å²) < 4.78 is 17.9. The zero-order chi connectivity index (χ0) is 23.1. The molecule has 0 aliphatic carbocycles. The lowest BCUT2D eigenvalue weighted by Crippen LogP contribution is -2.18. The van der Waals surface area contributed by atoms with E-state index in [0.29, 0.717) is 42.8 Å². The second kappa shape index (κ2) is 10.8. The first-order chi connectivity index (χ1) is 15.5. The first-order valence-corrected chi connectivity index (χ1v) is 10.6. The number of fused-ring (bicyclic) bond motifs is 1. The van der Waals surface area contributed by atoms with Crippen molar-refractivity contribution in [1.29, 1.82) is 0 Å². The maximum absolute atomic E-state index is 12.6. The summed E-state index contributed by atoms with van der Waals surface area (Å²) in [5.41, 5.74) is 3.28. The molecule has 1 heterocycles. The molecule has 1 amide bonds. The average Bonchev–Trinajstić information content (AvgIpc) is 3.12. The van der Waals surface area contributed by atoms with Crippen molar-refractivity contribution in [3.8, 4) is 11.5 Å². The quantitative estimate of drug-likeness (QED) is 0.454. The number of methoxy groups -OCH3 is 2. The van der Waals surface area contributed by atoms with Crippen LogP contribution in [-0.4, -0.2) is 48.7 Å². The number of nitrogens with one attached hydrogen (secondary N) is 1. The Morgan fingerprint density at radius 3 is 2.59 bits per heavy atom. The van der Waals surface area contributed by atoms with Gasteiger partial charge in [-0.25, -0.2) is 4.98 Å². The number of Topliss-reactive ketones (excluding diaryl/α,β-unsaturated/α-hetero) is 1. The number of anilines is 1. The molecule has 0 aliphatic rings. The normalized spacial score (nSPS) is 10.9. The van der Waals surface area contributed by atoms with Crippen LogP contribution in [0, 0.1) is 6.92 Å². The third-order valence-electron chi connectivity index (χ3n) is 5.04. The second-order valence-corrected chi connectivity index (χ2v) is 7.34. The van der Waals surface area contributed by atoms with Gasteiger partial charge in [0.25, 0.3) is 0 Å². The van der Waals surface area contributed by atoms with Gasteiger partial charge in [-0.15, -0.1) is 0 Å². The molecule has 2 aromatic carbocycles. The van der Waals surface area contributed by atoms with E-state index in [1.54, 1.807) is 25.3 Å². The number of ether oxygens (including phenoxy) is 3. The summed E-state index contributed by atoms with van der Waals surface area (Å²) >= 11 is 0. The summed E-state index contributed by atoms with van der Waals surface area (Å²) in [5.74, 6) is 1.09. The number of amides is 1. The third-order valence-corrected chi connectivity index (χ3v) is 5.04. The van der Waals surface area contributed by atoms with Crippen molar-refractivity contribution >= 4 is 28.7 Å². The number of hydrogen-bond acceptors (Lipinski definition) is 6. The van der Waals surface area contributed by atoms with Crippen LogP contribution < -0.4 is 14.8 Å². The van der Waals surface area contributed by atoms with Gasteiger partial charge in [-0.2, -0.15) is 0 Å². The minimum absolute atomic E-state index is 0.0425. The summed E-state index contributed by atoms with van der Waals surface area (Å²) in [7, 11) is 3.15. The highest BCUT2D eigenvalue weighted by Crippen LogP contribution is 2.28. The zero-order valence-electron chi connectivity index (χ0n) is 18.9. The lowest BCUT2D eigenvalue weighted by atomic mass is 10.1. The summed E-state index contributed by atoms with van der Waals surface area (Å²) in [6.07, 6.45) is 0.112. The minimum Gasteiger partial charge on any atom is -0.493 e. The summed E-state index contributed by atoms with van der Waals surface area (Å²) in [5, 5.41) is 2.84. The van der Waals surface area contributed by atoms with Gasteiger partial charge in [0.15, 0.2) is 17.3 Å². The van der Waals surface area contributed by atoms with E-state index in [0.717, 1.165) is 16.6 Å². The zero-order valence-corrected chi connectivity index (χ0v) is 18.9. The first kappa shape index (κ1) is 23.3. The molecule has 0 atom stereocenters. The molecule has 3 rings (SSSR count). The number of hydrogen-bond donors (Lipinski definition) is 1. The third kappa shape index (κ3) is 5.45. The fourth-order valence-corrected chi connectivity index (χ4v) is 3.42. The Balaban J connectivity index is 1.68. The molecule has 8 heteroatoms. The van der Waals surface area contributed by atoms with E-state index in [-0.39, 0.29) is 24.5 Å². The van der Waals surface area contributed by atoms with Crippen molar-refractivity contribution in [3.05, 3.63) is 47.5 Å². The van der Waals surface area contributed by atoms with E-state index in [1.807, 2.05) is 36.6 Å². The Labute approximate surface area is 187 Å². The number of rotatable bonds is 11. The second-order valence-electron chi connectivity index (χ2n) is 7.34. The van der Waals surface area contributed by atoms with E-state index in [4.69, 9.17) is 14.2 Å². The van der Waals surface area contributed by atoms with Crippen molar-refractivity contribution in [2.24, 2.45) is 0 Å². The van der Waals surface area contributed by atoms with Crippen molar-refractivity contribution < 1.29 is 23.8 Å². The Morgan fingerprint density at radius 1 is 1.06 bits per heavy atom. The Bertz CT molecular complexity index is 1110. The Kier molecular flexibility index (Phi) is 7.83. The van der Waals surface area contributed by atoms with Gasteiger partial charge in [0.05, 0.1) is 31.4 Å². The van der Waals surface area contributed by atoms with E-state index in [2.05, 4.69) is 10.3 Å². The van der Waals surface area contributed by atoms with Gasteiger partial charge >= 0.3 is 0 Å². The summed E-state index contributed by atoms with van der Waals surface area (Å²) in [6.45, 7) is 5.41. The van der Waals surface area contributed by atoms with Gasteiger partial charge in [0, 0.05) is 32.1 Å². The molecule has 8 nitrogen and oxygen atoms in total. The van der Waals surface area contributed by atoms with Gasteiger partial charge in [-0.05, 0) is 49.7 Å². The van der Waals surface area contributed by atoms with E-state index >= 15 is 0 Å². The molecule has 0 saturated carbocycles. The largest absolute Gasteiger partial charge is 0.493 e. The molecular formula is C24H29N3O5. The number of benzene rings is 2. The molecule has 0 aliphatic heterocycles. The fraction of sp³-hybridized carbons (Fsp3) is 0.375. The van der Waals surface area contributed by atoms with Crippen molar-refractivity contribution in [3.63, 3.8) is 0 Å². The number of aromatic nitrogens is 2. The highest BCUT2D eigenvalue weighted by molar-refractivity contribution is 6.00. The number of ketones is 1. The molecule has 0 unspecified atom stereocenters. The number of imidazole rings is 1. The molecule has 32 heavy (non-hydrogen) atoms. The highest BCUT2D eigenvalue weighted by Gasteiger charge is 2.16. The van der Waals surface area contributed by atoms with Gasteiger partial charge in [0.1, 0.15) is 0 Å². The molecule has 170 valence electrons. The smallest absolute Gasteiger partial charge is 0.227 e. The molecule has 0 bridgehead atoms. The number of nitrogens with zero attached hydrogens (tertiary/aromatic N) is 2. The summed E-state index contributed by atoms with van der Waals surface area (Å²) in [6, 6.07) is 11.0. The van der Waals surface area contributed by atoms with Gasteiger partial charge < -0.3 is 18.8 Å². The minimum atomic E-state index is -0.276. The van der Waals surface area contributed by atoms with Crippen LogP contribution in [0.4, 0.5) is 5.95 Å². The molecule has 0 saturated heterocycles. The van der Waals surface area contributed by atoms with Crippen LogP contribution in [-0.2, 0) is 16.1 Å². The fourth-order valence-electron chi connectivity index (χ4n) is 3.42. The van der Waals surface area contributed by atoms with Gasteiger partial charge in [0.2, 0.25) is 11.9 Å². The van der Waals surface area contributed by atoms with Crippen LogP contribution in [0.2, 0.25) is 0 Å². The number of carbonyl (C=O) groups excluding carboxylic acids is 2. The van der Waals surface area contributed by atoms with E-state index in [1.165, 1.54) is 7.11 Å². The van der Waals surface area contributed by atoms with Crippen LogP contribution >= 0.6 is 0 Å². The first-order valence-electron chi connectivity index (χ1n) is 10.6. The highest BCUT2D eigenvalue weighted by atomic mass is 16.5. The molecule has 3 aromatic rings. The lowest BCUT2D eigenvalue weighted by molar-refractivity contribution is -0.116. The van der Waals surface area contributed by atoms with E-state index in [9.17, 15) is 9.59 Å².